The number of piperidine rings is 1. The lowest BCUT2D eigenvalue weighted by molar-refractivity contribution is -0.146. The Hall–Kier alpha value is -2.44. The van der Waals surface area contributed by atoms with Gasteiger partial charge in [0.2, 0.25) is 5.91 Å². The first-order valence-electron chi connectivity index (χ1n) is 8.22. The molecule has 2 aliphatic rings. The molecule has 1 atom stereocenters. The Morgan fingerprint density at radius 1 is 1.38 bits per heavy atom. The van der Waals surface area contributed by atoms with Gasteiger partial charge in [0.05, 0.1) is 12.5 Å². The highest BCUT2D eigenvalue weighted by molar-refractivity contribution is 5.96. The van der Waals surface area contributed by atoms with Crippen molar-refractivity contribution in [1.82, 2.24) is 15.2 Å². The molecule has 24 heavy (non-hydrogen) atoms. The van der Waals surface area contributed by atoms with Crippen molar-refractivity contribution in [2.24, 2.45) is 5.92 Å². The lowest BCUT2D eigenvalue weighted by Crippen LogP contribution is -2.49. The van der Waals surface area contributed by atoms with Crippen molar-refractivity contribution in [2.45, 2.75) is 31.8 Å². The highest BCUT2D eigenvalue weighted by Crippen LogP contribution is 2.27. The van der Waals surface area contributed by atoms with Gasteiger partial charge in [-0.3, -0.25) is 19.4 Å². The van der Waals surface area contributed by atoms with Gasteiger partial charge in [0.1, 0.15) is 23.3 Å². The number of pyridine rings is 1. The number of hydrogen-bond donors (Lipinski definition) is 1. The number of nitrogens with zero attached hydrogens (tertiary/aromatic N) is 2. The van der Waals surface area contributed by atoms with E-state index in [-0.39, 0.29) is 29.6 Å². The van der Waals surface area contributed by atoms with Crippen molar-refractivity contribution in [2.75, 3.05) is 20.1 Å². The first-order chi connectivity index (χ1) is 11.6. The summed E-state index contributed by atoms with van der Waals surface area (Å²) in [5.41, 5.74) is 0.298. The van der Waals surface area contributed by atoms with E-state index in [0.29, 0.717) is 37.4 Å². The molecule has 7 nitrogen and oxygen atoms in total. The average Bonchev–Trinajstić information content (AvgIpc) is 2.58. The predicted molar refractivity (Wildman–Crippen MR) is 85.6 cm³/mol. The summed E-state index contributed by atoms with van der Waals surface area (Å²) in [5.74, 6) is 0.384. The van der Waals surface area contributed by atoms with Crippen LogP contribution in [0.25, 0.3) is 0 Å². The molecular formula is C17H21N3O4. The molecule has 2 fully saturated rings. The number of rotatable bonds is 4. The minimum absolute atomic E-state index is 0.0590. The quantitative estimate of drug-likeness (QED) is 0.881. The van der Waals surface area contributed by atoms with Gasteiger partial charge in [-0.2, -0.15) is 0 Å². The zero-order valence-electron chi connectivity index (χ0n) is 13.7. The fraction of sp³-hybridized carbons (Fsp3) is 0.529. The van der Waals surface area contributed by atoms with Crippen LogP contribution in [0.5, 0.6) is 5.75 Å². The van der Waals surface area contributed by atoms with Crippen LogP contribution in [-0.2, 0) is 9.59 Å². The van der Waals surface area contributed by atoms with E-state index < -0.39 is 0 Å². The van der Waals surface area contributed by atoms with E-state index in [2.05, 4.69) is 10.3 Å². The smallest absolute Gasteiger partial charge is 0.269 e. The van der Waals surface area contributed by atoms with Crippen molar-refractivity contribution in [3.05, 3.63) is 24.0 Å². The second-order valence-corrected chi connectivity index (χ2v) is 6.27. The summed E-state index contributed by atoms with van der Waals surface area (Å²) >= 11 is 0. The number of aromatic nitrogens is 1. The maximum Gasteiger partial charge on any atom is 0.269 e. The summed E-state index contributed by atoms with van der Waals surface area (Å²) in [5, 5.41) is 2.53. The minimum Gasteiger partial charge on any atom is -0.488 e. The van der Waals surface area contributed by atoms with Gasteiger partial charge >= 0.3 is 0 Å². The molecule has 3 rings (SSSR count). The molecular weight excluding hydrogens is 310 g/mol. The number of ketones is 1. The van der Waals surface area contributed by atoms with Gasteiger partial charge in [-0.15, -0.1) is 0 Å². The van der Waals surface area contributed by atoms with Crippen molar-refractivity contribution in [3.8, 4) is 5.75 Å². The van der Waals surface area contributed by atoms with E-state index in [4.69, 9.17) is 4.74 Å². The van der Waals surface area contributed by atoms with Crippen molar-refractivity contribution in [3.63, 3.8) is 0 Å². The molecule has 128 valence electrons. The molecule has 1 saturated carbocycles. The fourth-order valence-electron chi connectivity index (χ4n) is 3.09. The van der Waals surface area contributed by atoms with Gasteiger partial charge < -0.3 is 15.0 Å². The normalized spacial score (nSPS) is 21.1. The number of likely N-dealkylation sites (tertiary alicyclic amines) is 1. The van der Waals surface area contributed by atoms with Crippen LogP contribution in [-0.4, -0.2) is 53.7 Å². The molecule has 1 saturated heterocycles. The van der Waals surface area contributed by atoms with Crippen molar-refractivity contribution in [1.29, 1.82) is 0 Å². The molecule has 2 amide bonds. The highest BCUT2D eigenvalue weighted by atomic mass is 16.5. The summed E-state index contributed by atoms with van der Waals surface area (Å²) in [6.45, 7) is 1.23. The zero-order valence-corrected chi connectivity index (χ0v) is 13.7. The summed E-state index contributed by atoms with van der Waals surface area (Å²) in [6.07, 6.45) is 3.89. The Morgan fingerprint density at radius 2 is 2.17 bits per heavy atom. The van der Waals surface area contributed by atoms with Crippen molar-refractivity contribution >= 4 is 17.6 Å². The molecule has 1 unspecified atom stereocenters. The first-order valence-corrected chi connectivity index (χ1v) is 8.22. The summed E-state index contributed by atoms with van der Waals surface area (Å²) in [4.78, 5) is 40.9. The van der Waals surface area contributed by atoms with E-state index in [1.807, 2.05) is 0 Å². The number of amides is 2. The van der Waals surface area contributed by atoms with Gasteiger partial charge in [0.15, 0.2) is 0 Å². The van der Waals surface area contributed by atoms with E-state index in [9.17, 15) is 14.4 Å². The third-order valence-electron chi connectivity index (χ3n) is 4.48. The third kappa shape index (κ3) is 3.55. The second kappa shape index (κ2) is 6.98. The SMILES string of the molecule is CNC(=O)c1cc(OC2CCCN(C(=O)C3CC(=O)C3)C2)ccn1. The predicted octanol–water partition coefficient (Wildman–Crippen LogP) is 0.790. The topological polar surface area (TPSA) is 88.6 Å². The molecule has 1 aliphatic heterocycles. The number of Topliss-reactive ketones (excluding diaryl/α,β-unsaturated/α-hetero) is 1. The largest absolute Gasteiger partial charge is 0.488 e. The summed E-state index contributed by atoms with van der Waals surface area (Å²) < 4.78 is 5.94. The Morgan fingerprint density at radius 3 is 2.88 bits per heavy atom. The molecule has 0 radical (unpaired) electrons. The Bertz CT molecular complexity index is 653. The van der Waals surface area contributed by atoms with Gasteiger partial charge in [-0.1, -0.05) is 0 Å². The molecule has 0 bridgehead atoms. The second-order valence-electron chi connectivity index (χ2n) is 6.27. The Kier molecular flexibility index (Phi) is 4.78. The summed E-state index contributed by atoms with van der Waals surface area (Å²) in [7, 11) is 1.55. The molecule has 7 heteroatoms. The van der Waals surface area contributed by atoms with Gasteiger partial charge in [0.25, 0.3) is 5.91 Å². The Balaban J connectivity index is 1.60. The first kappa shape index (κ1) is 16.4. The van der Waals surface area contributed by atoms with Crippen LogP contribution in [0.15, 0.2) is 18.3 Å². The van der Waals surface area contributed by atoms with Crippen LogP contribution in [0, 0.1) is 5.92 Å². The maximum absolute atomic E-state index is 12.4. The van der Waals surface area contributed by atoms with Gasteiger partial charge in [-0.25, -0.2) is 0 Å². The van der Waals surface area contributed by atoms with Gasteiger partial charge in [-0.05, 0) is 18.9 Å². The number of hydrogen-bond acceptors (Lipinski definition) is 5. The van der Waals surface area contributed by atoms with Crippen LogP contribution < -0.4 is 10.1 Å². The number of carbonyl (C=O) groups is 3. The van der Waals surface area contributed by atoms with E-state index in [1.165, 1.54) is 6.20 Å². The standard InChI is InChI=1S/C17H21N3O4/c1-18-16(22)15-9-13(4-5-19-15)24-14-3-2-6-20(10-14)17(23)11-7-12(21)8-11/h4-5,9,11,14H,2-3,6-8,10H2,1H3,(H,18,22). The lowest BCUT2D eigenvalue weighted by atomic mass is 9.82. The molecule has 0 spiro atoms. The fourth-order valence-corrected chi connectivity index (χ4v) is 3.09. The third-order valence-corrected chi connectivity index (χ3v) is 4.48. The van der Waals surface area contributed by atoms with Crippen LogP contribution >= 0.6 is 0 Å². The molecule has 2 heterocycles. The van der Waals surface area contributed by atoms with E-state index in [1.54, 1.807) is 24.1 Å². The van der Waals surface area contributed by atoms with Crippen LogP contribution in [0.4, 0.5) is 0 Å². The van der Waals surface area contributed by atoms with E-state index >= 15 is 0 Å². The molecule has 0 aromatic carbocycles. The number of carbonyl (C=O) groups excluding carboxylic acids is 3. The molecule has 1 aromatic heterocycles. The minimum atomic E-state index is -0.268. The molecule has 1 N–H and O–H groups in total. The zero-order chi connectivity index (χ0) is 17.1. The number of nitrogens with one attached hydrogen (secondary N) is 1. The van der Waals surface area contributed by atoms with E-state index in [0.717, 1.165) is 12.8 Å². The molecule has 1 aliphatic carbocycles. The molecule has 1 aromatic rings. The van der Waals surface area contributed by atoms with Crippen LogP contribution in [0.1, 0.15) is 36.2 Å². The Labute approximate surface area is 140 Å². The number of ether oxygens (including phenoxy) is 1. The van der Waals surface area contributed by atoms with Crippen LogP contribution in [0.2, 0.25) is 0 Å². The highest BCUT2D eigenvalue weighted by Gasteiger charge is 2.37. The average molecular weight is 331 g/mol. The maximum atomic E-state index is 12.4. The van der Waals surface area contributed by atoms with Crippen molar-refractivity contribution < 1.29 is 19.1 Å². The van der Waals surface area contributed by atoms with Crippen LogP contribution in [0.3, 0.4) is 0 Å². The monoisotopic (exact) mass is 331 g/mol. The van der Waals surface area contributed by atoms with Gasteiger partial charge in [0, 0.05) is 38.7 Å². The summed E-state index contributed by atoms with van der Waals surface area (Å²) in [6, 6.07) is 3.31. The lowest BCUT2D eigenvalue weighted by Gasteiger charge is -2.36.